The van der Waals surface area contributed by atoms with Gasteiger partial charge in [-0.2, -0.15) is 0 Å². The zero-order chi connectivity index (χ0) is 12.8. The van der Waals surface area contributed by atoms with Crippen LogP contribution in [0.3, 0.4) is 0 Å². The molecule has 3 heterocycles. The maximum absolute atomic E-state index is 12.1. The highest BCUT2D eigenvalue weighted by molar-refractivity contribution is 9.12. The molecule has 0 amide bonds. The van der Waals surface area contributed by atoms with Crippen molar-refractivity contribution in [1.29, 1.82) is 0 Å². The number of nitrogens with zero attached hydrogens (tertiary/aromatic N) is 3. The molecule has 1 fully saturated rings. The molecule has 4 aliphatic rings. The minimum Gasteiger partial charge on any atom is -0.246 e. The molecular weight excluding hydrogens is 366 g/mol. The summed E-state index contributed by atoms with van der Waals surface area (Å²) >= 11 is 7.36. The number of hydrogen-bond acceptors (Lipinski definition) is 2. The lowest BCUT2D eigenvalue weighted by Gasteiger charge is -2.58. The fourth-order valence-corrected chi connectivity index (χ4v) is 5.66. The molecule has 2 aliphatic carbocycles. The number of alkyl halides is 2. The van der Waals surface area contributed by atoms with Crippen molar-refractivity contribution < 1.29 is 0 Å². The highest BCUT2D eigenvalue weighted by Gasteiger charge is 2.60. The summed E-state index contributed by atoms with van der Waals surface area (Å²) in [6.07, 6.45) is 4.14. The molecule has 0 saturated heterocycles. The number of rotatable bonds is 0. The van der Waals surface area contributed by atoms with Gasteiger partial charge < -0.3 is 0 Å². The molecule has 7 heteroatoms. The van der Waals surface area contributed by atoms with E-state index in [1.807, 2.05) is 0 Å². The quantitative estimate of drug-likeness (QED) is 0.496. The zero-order valence-corrected chi connectivity index (χ0v) is 12.7. The lowest BCUT2D eigenvalue weighted by molar-refractivity contribution is 0.0346. The van der Waals surface area contributed by atoms with E-state index in [9.17, 15) is 9.59 Å². The third kappa shape index (κ3) is 1.01. The molecule has 0 radical (unpaired) electrons. The van der Waals surface area contributed by atoms with E-state index in [4.69, 9.17) is 0 Å². The Hall–Kier alpha value is -0.560. The van der Waals surface area contributed by atoms with E-state index in [1.165, 1.54) is 4.57 Å². The highest BCUT2D eigenvalue weighted by Crippen LogP contribution is 2.59. The van der Waals surface area contributed by atoms with Crippen LogP contribution in [0, 0.1) is 11.8 Å². The lowest BCUT2D eigenvalue weighted by atomic mass is 9.62. The van der Waals surface area contributed by atoms with Crippen molar-refractivity contribution >= 4 is 31.9 Å². The third-order valence-corrected chi connectivity index (χ3v) is 7.61. The average Bonchev–Trinajstić information content (AvgIpc) is 2.64. The second-order valence-corrected chi connectivity index (χ2v) is 7.34. The first-order valence-electron chi connectivity index (χ1n) is 5.90. The fraction of sp³-hybridized carbons (Fsp3) is 0.636. The van der Waals surface area contributed by atoms with Crippen LogP contribution in [0.5, 0.6) is 0 Å². The molecule has 2 bridgehead atoms. The standard InChI is InChI=1S/C11H11Br2N3O2/c1-14-10(17)15-4-2-3-5(16(15)11(14)18)7-6(4)8(12)9(7)13/h2-9H,1H3/t4-,5-,6-,7+,8-,9+/m0/s1. The van der Waals surface area contributed by atoms with Crippen LogP contribution < -0.4 is 11.4 Å². The van der Waals surface area contributed by atoms with E-state index in [0.717, 1.165) is 0 Å². The first kappa shape index (κ1) is 11.3. The predicted octanol–water partition coefficient (Wildman–Crippen LogP) is 0.787. The van der Waals surface area contributed by atoms with Gasteiger partial charge in [0.2, 0.25) is 0 Å². The lowest BCUT2D eigenvalue weighted by Crippen LogP contribution is -2.63. The first-order chi connectivity index (χ1) is 8.54. The Morgan fingerprint density at radius 3 is 1.72 bits per heavy atom. The van der Waals surface area contributed by atoms with Gasteiger partial charge in [-0.05, 0) is 0 Å². The van der Waals surface area contributed by atoms with Crippen molar-refractivity contribution in [3.63, 3.8) is 0 Å². The third-order valence-electron chi connectivity index (χ3n) is 4.54. The monoisotopic (exact) mass is 375 g/mol. The maximum atomic E-state index is 12.1. The van der Waals surface area contributed by atoms with Crippen LogP contribution >= 0.6 is 31.9 Å². The molecule has 0 spiro atoms. The van der Waals surface area contributed by atoms with E-state index >= 15 is 0 Å². The van der Waals surface area contributed by atoms with Crippen LogP contribution in [0.1, 0.15) is 12.1 Å². The number of allylic oxidation sites excluding steroid dienone is 2. The number of aromatic nitrogens is 3. The molecule has 0 aromatic carbocycles. The smallest absolute Gasteiger partial charge is 0.246 e. The van der Waals surface area contributed by atoms with E-state index in [2.05, 4.69) is 44.0 Å². The molecule has 5 rings (SSSR count). The van der Waals surface area contributed by atoms with Gasteiger partial charge in [-0.1, -0.05) is 44.0 Å². The Labute approximate surface area is 119 Å². The summed E-state index contributed by atoms with van der Waals surface area (Å²) in [6.45, 7) is 0. The van der Waals surface area contributed by atoms with Gasteiger partial charge in [-0.3, -0.25) is 0 Å². The molecule has 2 aliphatic heterocycles. The van der Waals surface area contributed by atoms with Crippen molar-refractivity contribution in [2.45, 2.75) is 21.7 Å². The molecule has 0 N–H and O–H groups in total. The molecule has 1 aromatic rings. The topological polar surface area (TPSA) is 48.9 Å². The Morgan fingerprint density at radius 2 is 1.33 bits per heavy atom. The van der Waals surface area contributed by atoms with Gasteiger partial charge in [0.05, 0.1) is 12.1 Å². The summed E-state index contributed by atoms with van der Waals surface area (Å²) in [7, 11) is 1.54. The summed E-state index contributed by atoms with van der Waals surface area (Å²) in [6, 6.07) is -0.000787. The van der Waals surface area contributed by atoms with Crippen LogP contribution in [0.25, 0.3) is 0 Å². The van der Waals surface area contributed by atoms with Crippen LogP contribution in [-0.2, 0) is 7.05 Å². The Kier molecular flexibility index (Phi) is 2.07. The summed E-state index contributed by atoms with van der Waals surface area (Å²) < 4.78 is 4.45. The molecule has 18 heavy (non-hydrogen) atoms. The Morgan fingerprint density at radius 1 is 0.944 bits per heavy atom. The predicted molar refractivity (Wildman–Crippen MR) is 73.6 cm³/mol. The molecule has 1 saturated carbocycles. The van der Waals surface area contributed by atoms with Gasteiger partial charge in [0.25, 0.3) is 0 Å². The van der Waals surface area contributed by atoms with Crippen molar-refractivity contribution in [2.24, 2.45) is 18.9 Å². The molecule has 0 unspecified atom stereocenters. The van der Waals surface area contributed by atoms with Crippen molar-refractivity contribution in [1.82, 2.24) is 13.9 Å². The second kappa shape index (κ2) is 3.30. The van der Waals surface area contributed by atoms with Crippen LogP contribution in [0.15, 0.2) is 21.7 Å². The molecular formula is C11H11Br2N3O2. The molecule has 96 valence electrons. The fourth-order valence-electron chi connectivity index (χ4n) is 3.63. The van der Waals surface area contributed by atoms with Gasteiger partial charge in [0.1, 0.15) is 0 Å². The minimum atomic E-state index is -0.212. The number of halogens is 2. The van der Waals surface area contributed by atoms with Crippen LogP contribution in [0.2, 0.25) is 0 Å². The SMILES string of the molecule is Cn1c(=O)n2n(c1=O)[C@H]1C=C[C@H]2[C@@H]2[C@H](Br)[C@H](Br)[C@@H]21. The van der Waals surface area contributed by atoms with E-state index in [1.54, 1.807) is 16.4 Å². The van der Waals surface area contributed by atoms with Crippen molar-refractivity contribution in [2.75, 3.05) is 0 Å². The summed E-state index contributed by atoms with van der Waals surface area (Å²) in [4.78, 5) is 25.0. The van der Waals surface area contributed by atoms with Gasteiger partial charge in [-0.15, -0.1) is 0 Å². The average molecular weight is 377 g/mol. The number of hydrogen-bond donors (Lipinski definition) is 0. The first-order valence-corrected chi connectivity index (χ1v) is 7.73. The minimum absolute atomic E-state index is 0.000394. The van der Waals surface area contributed by atoms with Gasteiger partial charge in [0, 0.05) is 28.5 Å². The summed E-state index contributed by atoms with van der Waals surface area (Å²) in [5, 5.41) is 0. The largest absolute Gasteiger partial charge is 0.347 e. The van der Waals surface area contributed by atoms with E-state index < -0.39 is 0 Å². The van der Waals surface area contributed by atoms with Crippen LogP contribution in [0.4, 0.5) is 0 Å². The van der Waals surface area contributed by atoms with Crippen molar-refractivity contribution in [3.05, 3.63) is 33.1 Å². The van der Waals surface area contributed by atoms with Crippen LogP contribution in [-0.4, -0.2) is 23.6 Å². The second-order valence-electron chi connectivity index (χ2n) is 5.22. The van der Waals surface area contributed by atoms with E-state index in [0.29, 0.717) is 21.5 Å². The normalized spacial score (nSPS) is 43.5. The van der Waals surface area contributed by atoms with Gasteiger partial charge in [-0.25, -0.2) is 23.5 Å². The highest BCUT2D eigenvalue weighted by atomic mass is 79.9. The molecule has 1 aromatic heterocycles. The molecule has 6 atom stereocenters. The zero-order valence-electron chi connectivity index (χ0n) is 9.53. The van der Waals surface area contributed by atoms with Crippen molar-refractivity contribution in [3.8, 4) is 0 Å². The van der Waals surface area contributed by atoms with Gasteiger partial charge >= 0.3 is 11.4 Å². The Balaban J connectivity index is 2.02. The Bertz CT molecular complexity index is 630. The van der Waals surface area contributed by atoms with Gasteiger partial charge in [0.15, 0.2) is 0 Å². The summed E-state index contributed by atoms with van der Waals surface area (Å²) in [5.41, 5.74) is -0.425. The maximum Gasteiger partial charge on any atom is 0.347 e. The molecule has 5 nitrogen and oxygen atoms in total. The van der Waals surface area contributed by atoms with E-state index in [-0.39, 0.29) is 23.5 Å². The summed E-state index contributed by atoms with van der Waals surface area (Å²) in [5.74, 6) is 0.785.